The molecule has 0 aliphatic carbocycles. The Morgan fingerprint density at radius 3 is 2.31 bits per heavy atom. The Morgan fingerprint density at radius 2 is 1.66 bits per heavy atom. The third kappa shape index (κ3) is 3.81. The summed E-state index contributed by atoms with van der Waals surface area (Å²) in [5.74, 6) is 1.33. The van der Waals surface area contributed by atoms with E-state index in [1.54, 1.807) is 24.3 Å². The lowest BCUT2D eigenvalue weighted by atomic mass is 9.99. The number of aromatic nitrogens is 1. The molecule has 5 nitrogen and oxygen atoms in total. The second-order valence-electron chi connectivity index (χ2n) is 7.93. The van der Waals surface area contributed by atoms with Crippen molar-refractivity contribution >= 4 is 15.7 Å². The fourth-order valence-electron chi connectivity index (χ4n) is 3.64. The number of aryl methyl sites for hydroxylation is 2. The van der Waals surface area contributed by atoms with Crippen molar-refractivity contribution in [3.8, 4) is 11.5 Å². The molecule has 2 aromatic carbocycles. The Balaban J connectivity index is 1.85. The predicted octanol–water partition coefficient (Wildman–Crippen LogP) is 5.03. The molecule has 1 aliphatic rings. The Bertz CT molecular complexity index is 1110. The molecule has 0 radical (unpaired) electrons. The minimum atomic E-state index is -3.80. The average Bonchev–Trinajstić information content (AvgIpc) is 3.15. The standard InChI is InChI=1S/C23H26N2O3S/c1-16-8-10-19(11-9-16)29(26,27)22-23(25-14-12-17(2)13-15-25)28-21(24-22)20-7-5-4-6-18(20)3/h4-11,17H,12-15H2,1-3H3. The maximum absolute atomic E-state index is 13.5. The van der Waals surface area contributed by atoms with Gasteiger partial charge in [0.05, 0.1) is 4.90 Å². The topological polar surface area (TPSA) is 63.4 Å². The second-order valence-corrected chi connectivity index (χ2v) is 9.80. The summed E-state index contributed by atoms with van der Waals surface area (Å²) in [7, 11) is -3.80. The number of oxazole rings is 1. The molecule has 6 heteroatoms. The van der Waals surface area contributed by atoms with E-state index in [9.17, 15) is 8.42 Å². The number of sulfone groups is 1. The van der Waals surface area contributed by atoms with E-state index >= 15 is 0 Å². The van der Waals surface area contributed by atoms with Crippen LogP contribution in [0.2, 0.25) is 0 Å². The van der Waals surface area contributed by atoms with Gasteiger partial charge in [-0.1, -0.05) is 42.8 Å². The minimum Gasteiger partial charge on any atom is -0.419 e. The molecule has 1 aliphatic heterocycles. The summed E-state index contributed by atoms with van der Waals surface area (Å²) in [5, 5.41) is 0.00848. The van der Waals surface area contributed by atoms with Crippen molar-refractivity contribution in [2.45, 2.75) is 43.5 Å². The lowest BCUT2D eigenvalue weighted by Gasteiger charge is -2.30. The second kappa shape index (κ2) is 7.67. The van der Waals surface area contributed by atoms with Crippen LogP contribution in [0.4, 0.5) is 5.88 Å². The van der Waals surface area contributed by atoms with Gasteiger partial charge in [0.25, 0.3) is 0 Å². The number of rotatable bonds is 4. The Hall–Kier alpha value is -2.60. The van der Waals surface area contributed by atoms with Crippen LogP contribution in [0.5, 0.6) is 0 Å². The average molecular weight is 411 g/mol. The first kappa shape index (κ1) is 19.7. The molecular weight excluding hydrogens is 384 g/mol. The summed E-state index contributed by atoms with van der Waals surface area (Å²) in [5.41, 5.74) is 2.81. The normalized spacial score (nSPS) is 15.6. The summed E-state index contributed by atoms with van der Waals surface area (Å²) < 4.78 is 33.0. The fourth-order valence-corrected chi connectivity index (χ4v) is 4.96. The van der Waals surface area contributed by atoms with Crippen molar-refractivity contribution in [3.63, 3.8) is 0 Å². The van der Waals surface area contributed by atoms with Gasteiger partial charge in [-0.3, -0.25) is 0 Å². The zero-order valence-electron chi connectivity index (χ0n) is 17.1. The molecule has 4 rings (SSSR count). The summed E-state index contributed by atoms with van der Waals surface area (Å²) in [6, 6.07) is 14.6. The highest BCUT2D eigenvalue weighted by Crippen LogP contribution is 2.37. The van der Waals surface area contributed by atoms with Crippen LogP contribution in [0.3, 0.4) is 0 Å². The number of benzene rings is 2. The first-order chi connectivity index (χ1) is 13.9. The van der Waals surface area contributed by atoms with E-state index in [-0.39, 0.29) is 9.92 Å². The third-order valence-corrected chi connectivity index (χ3v) is 7.28. The molecule has 1 saturated heterocycles. The van der Waals surface area contributed by atoms with Gasteiger partial charge in [0.1, 0.15) is 0 Å². The van der Waals surface area contributed by atoms with Crippen LogP contribution in [0.1, 0.15) is 30.9 Å². The molecule has 0 bridgehead atoms. The van der Waals surface area contributed by atoms with Crippen LogP contribution in [-0.4, -0.2) is 26.5 Å². The van der Waals surface area contributed by atoms with E-state index < -0.39 is 9.84 Å². The van der Waals surface area contributed by atoms with Crippen LogP contribution in [-0.2, 0) is 9.84 Å². The van der Waals surface area contributed by atoms with Gasteiger partial charge < -0.3 is 9.32 Å². The summed E-state index contributed by atoms with van der Waals surface area (Å²) in [6.07, 6.45) is 2.01. The first-order valence-electron chi connectivity index (χ1n) is 10.00. The molecule has 152 valence electrons. The van der Waals surface area contributed by atoms with Crippen LogP contribution in [0.25, 0.3) is 11.5 Å². The molecule has 0 unspecified atom stereocenters. The Labute approximate surface area is 172 Å². The molecule has 2 heterocycles. The van der Waals surface area contributed by atoms with Gasteiger partial charge in [-0.2, -0.15) is 4.98 Å². The number of piperidine rings is 1. The maximum atomic E-state index is 13.5. The van der Waals surface area contributed by atoms with Crippen LogP contribution in [0.15, 0.2) is 62.9 Å². The van der Waals surface area contributed by atoms with E-state index in [2.05, 4.69) is 11.9 Å². The van der Waals surface area contributed by atoms with Crippen molar-refractivity contribution in [2.75, 3.05) is 18.0 Å². The Kier molecular flexibility index (Phi) is 5.21. The molecule has 0 spiro atoms. The van der Waals surface area contributed by atoms with Crippen molar-refractivity contribution in [2.24, 2.45) is 5.92 Å². The van der Waals surface area contributed by atoms with E-state index in [0.29, 0.717) is 17.7 Å². The van der Waals surface area contributed by atoms with Crippen molar-refractivity contribution in [3.05, 3.63) is 59.7 Å². The first-order valence-corrected chi connectivity index (χ1v) is 11.5. The molecule has 0 saturated carbocycles. The molecule has 29 heavy (non-hydrogen) atoms. The van der Waals surface area contributed by atoms with Crippen LogP contribution < -0.4 is 4.90 Å². The van der Waals surface area contributed by atoms with E-state index in [1.165, 1.54) is 0 Å². The van der Waals surface area contributed by atoms with Gasteiger partial charge in [-0.05, 0) is 56.4 Å². The molecule has 0 amide bonds. The summed E-state index contributed by atoms with van der Waals surface area (Å²) in [4.78, 5) is 6.77. The van der Waals surface area contributed by atoms with Gasteiger partial charge in [0.2, 0.25) is 26.6 Å². The van der Waals surface area contributed by atoms with Crippen LogP contribution in [0, 0.1) is 19.8 Å². The van der Waals surface area contributed by atoms with Gasteiger partial charge >= 0.3 is 0 Å². The smallest absolute Gasteiger partial charge is 0.236 e. The highest BCUT2D eigenvalue weighted by Gasteiger charge is 2.32. The van der Waals surface area contributed by atoms with Crippen molar-refractivity contribution in [1.29, 1.82) is 0 Å². The van der Waals surface area contributed by atoms with Crippen molar-refractivity contribution in [1.82, 2.24) is 4.98 Å². The zero-order valence-corrected chi connectivity index (χ0v) is 17.9. The molecule has 1 fully saturated rings. The van der Waals surface area contributed by atoms with Gasteiger partial charge in [0.15, 0.2) is 0 Å². The lowest BCUT2D eigenvalue weighted by Crippen LogP contribution is -2.33. The summed E-state index contributed by atoms with van der Waals surface area (Å²) in [6.45, 7) is 7.65. The number of hydrogen-bond acceptors (Lipinski definition) is 5. The molecule has 0 atom stereocenters. The monoisotopic (exact) mass is 410 g/mol. The maximum Gasteiger partial charge on any atom is 0.236 e. The Morgan fingerprint density at radius 1 is 1.00 bits per heavy atom. The largest absolute Gasteiger partial charge is 0.419 e. The van der Waals surface area contributed by atoms with Gasteiger partial charge in [-0.25, -0.2) is 8.42 Å². The SMILES string of the molecule is Cc1ccc(S(=O)(=O)c2nc(-c3ccccc3C)oc2N2CCC(C)CC2)cc1. The highest BCUT2D eigenvalue weighted by atomic mass is 32.2. The molecule has 3 aromatic rings. The number of hydrogen-bond donors (Lipinski definition) is 0. The highest BCUT2D eigenvalue weighted by molar-refractivity contribution is 7.91. The zero-order chi connectivity index (χ0) is 20.6. The van der Waals surface area contributed by atoms with E-state index in [1.807, 2.05) is 43.0 Å². The summed E-state index contributed by atoms with van der Waals surface area (Å²) >= 11 is 0. The minimum absolute atomic E-state index is 0.00848. The fraction of sp³-hybridized carbons (Fsp3) is 0.348. The number of nitrogens with zero attached hydrogens (tertiary/aromatic N) is 2. The van der Waals surface area contributed by atoms with Crippen molar-refractivity contribution < 1.29 is 12.8 Å². The van der Waals surface area contributed by atoms with Gasteiger partial charge in [-0.15, -0.1) is 0 Å². The van der Waals surface area contributed by atoms with E-state index in [4.69, 9.17) is 4.42 Å². The van der Waals surface area contributed by atoms with E-state index in [0.717, 1.165) is 42.6 Å². The molecule has 0 N–H and O–H groups in total. The number of anilines is 1. The quantitative estimate of drug-likeness (QED) is 0.604. The van der Waals surface area contributed by atoms with Gasteiger partial charge in [0, 0.05) is 18.7 Å². The predicted molar refractivity (Wildman–Crippen MR) is 114 cm³/mol. The van der Waals surface area contributed by atoms with Crippen LogP contribution >= 0.6 is 0 Å². The molecule has 1 aromatic heterocycles. The third-order valence-electron chi connectivity index (χ3n) is 5.61. The lowest BCUT2D eigenvalue weighted by molar-refractivity contribution is 0.415. The molecular formula is C23H26N2O3S.